The maximum Gasteiger partial charge on any atom is 0.125 e. The van der Waals surface area contributed by atoms with Crippen LogP contribution in [-0.4, -0.2) is 12.6 Å². The van der Waals surface area contributed by atoms with Gasteiger partial charge >= 0.3 is 0 Å². The lowest BCUT2D eigenvalue weighted by Gasteiger charge is -2.17. The van der Waals surface area contributed by atoms with Crippen molar-refractivity contribution in [3.63, 3.8) is 0 Å². The fourth-order valence-electron chi connectivity index (χ4n) is 1.48. The first kappa shape index (κ1) is 11.1. The van der Waals surface area contributed by atoms with Gasteiger partial charge in [0.2, 0.25) is 0 Å². The van der Waals surface area contributed by atoms with Gasteiger partial charge < -0.3 is 10.5 Å². The van der Waals surface area contributed by atoms with Gasteiger partial charge in [0, 0.05) is 0 Å². The molecule has 0 fully saturated rings. The molecule has 2 nitrogen and oxygen atoms in total. The second kappa shape index (κ2) is 5.01. The van der Waals surface area contributed by atoms with Crippen molar-refractivity contribution in [3.05, 3.63) is 29.3 Å². The molecule has 0 aliphatic carbocycles. The van der Waals surface area contributed by atoms with Crippen LogP contribution in [0, 0.1) is 13.8 Å². The van der Waals surface area contributed by atoms with Crippen LogP contribution in [0.4, 0.5) is 0 Å². The van der Waals surface area contributed by atoms with Crippen molar-refractivity contribution in [2.75, 3.05) is 6.54 Å². The number of nitrogens with two attached hydrogens (primary N) is 1. The van der Waals surface area contributed by atoms with Crippen LogP contribution in [0.15, 0.2) is 18.2 Å². The first-order chi connectivity index (χ1) is 6.65. The van der Waals surface area contributed by atoms with Crippen molar-refractivity contribution in [3.8, 4) is 5.75 Å². The lowest BCUT2D eigenvalue weighted by molar-refractivity contribution is 0.211. The van der Waals surface area contributed by atoms with E-state index >= 15 is 0 Å². The Morgan fingerprint density at radius 2 is 1.86 bits per heavy atom. The third-order valence-electron chi connectivity index (χ3n) is 2.30. The summed E-state index contributed by atoms with van der Waals surface area (Å²) in [6.45, 7) is 6.86. The number of hydrogen-bond acceptors (Lipinski definition) is 2. The van der Waals surface area contributed by atoms with Crippen LogP contribution >= 0.6 is 0 Å². The van der Waals surface area contributed by atoms with E-state index in [2.05, 4.69) is 32.9 Å². The maximum atomic E-state index is 5.84. The summed E-state index contributed by atoms with van der Waals surface area (Å²) in [5, 5.41) is 0. The van der Waals surface area contributed by atoms with Gasteiger partial charge in [0.05, 0.1) is 6.10 Å². The molecule has 1 aromatic carbocycles. The summed E-state index contributed by atoms with van der Waals surface area (Å²) >= 11 is 0. The molecule has 0 aliphatic rings. The third-order valence-corrected chi connectivity index (χ3v) is 2.30. The highest BCUT2D eigenvalue weighted by atomic mass is 16.5. The molecule has 0 aromatic heterocycles. The van der Waals surface area contributed by atoms with Gasteiger partial charge in [0.15, 0.2) is 0 Å². The van der Waals surface area contributed by atoms with Crippen molar-refractivity contribution < 1.29 is 4.74 Å². The van der Waals surface area contributed by atoms with E-state index in [1.54, 1.807) is 0 Å². The minimum absolute atomic E-state index is 0.194. The summed E-state index contributed by atoms with van der Waals surface area (Å²) in [6.07, 6.45) is 1.09. The smallest absolute Gasteiger partial charge is 0.125 e. The zero-order valence-electron chi connectivity index (χ0n) is 9.21. The van der Waals surface area contributed by atoms with Crippen LogP contribution in [0.2, 0.25) is 0 Å². The molecule has 0 aliphatic heterocycles. The van der Waals surface area contributed by atoms with Gasteiger partial charge in [-0.15, -0.1) is 0 Å². The summed E-state index contributed by atoms with van der Waals surface area (Å²) in [5.41, 5.74) is 7.86. The van der Waals surface area contributed by atoms with Crippen LogP contribution in [0.25, 0.3) is 0 Å². The molecule has 0 heterocycles. The van der Waals surface area contributed by atoms with Gasteiger partial charge in [0.25, 0.3) is 0 Å². The number of para-hydroxylation sites is 1. The lowest BCUT2D eigenvalue weighted by atomic mass is 10.1. The van der Waals surface area contributed by atoms with E-state index in [1.165, 1.54) is 11.1 Å². The summed E-state index contributed by atoms with van der Waals surface area (Å²) in [4.78, 5) is 0. The molecule has 0 bridgehead atoms. The summed E-state index contributed by atoms with van der Waals surface area (Å²) < 4.78 is 5.84. The van der Waals surface area contributed by atoms with Crippen LogP contribution < -0.4 is 10.5 Å². The normalized spacial score (nSPS) is 12.6. The summed E-state index contributed by atoms with van der Waals surface area (Å²) in [6, 6.07) is 6.18. The Morgan fingerprint density at radius 1 is 1.29 bits per heavy atom. The first-order valence-electron chi connectivity index (χ1n) is 5.08. The number of hydrogen-bond donors (Lipinski definition) is 1. The Hall–Kier alpha value is -1.02. The molecule has 14 heavy (non-hydrogen) atoms. The Labute approximate surface area is 86.1 Å². The summed E-state index contributed by atoms with van der Waals surface area (Å²) in [7, 11) is 0. The monoisotopic (exact) mass is 193 g/mol. The van der Waals surface area contributed by atoms with Gasteiger partial charge in [-0.25, -0.2) is 0 Å². The number of rotatable bonds is 4. The molecule has 0 saturated heterocycles. The van der Waals surface area contributed by atoms with Gasteiger partial charge in [-0.3, -0.25) is 0 Å². The fourth-order valence-corrected chi connectivity index (χ4v) is 1.48. The van der Waals surface area contributed by atoms with Crippen molar-refractivity contribution in [1.29, 1.82) is 0 Å². The molecular weight excluding hydrogens is 174 g/mol. The molecule has 1 aromatic rings. The van der Waals surface area contributed by atoms with Crippen molar-refractivity contribution in [2.24, 2.45) is 5.73 Å². The van der Waals surface area contributed by atoms with E-state index in [4.69, 9.17) is 10.5 Å². The molecule has 0 amide bonds. The van der Waals surface area contributed by atoms with E-state index in [0.717, 1.165) is 12.2 Å². The van der Waals surface area contributed by atoms with Crippen LogP contribution in [0.5, 0.6) is 5.75 Å². The number of benzene rings is 1. The second-order valence-electron chi connectivity index (χ2n) is 3.73. The van der Waals surface area contributed by atoms with Gasteiger partial charge in [-0.2, -0.15) is 0 Å². The number of aryl methyl sites for hydroxylation is 2. The van der Waals surface area contributed by atoms with E-state index in [0.29, 0.717) is 6.54 Å². The quantitative estimate of drug-likeness (QED) is 0.797. The zero-order chi connectivity index (χ0) is 10.6. The van der Waals surface area contributed by atoms with Crippen molar-refractivity contribution in [2.45, 2.75) is 33.3 Å². The van der Waals surface area contributed by atoms with E-state index < -0.39 is 0 Å². The van der Waals surface area contributed by atoms with Gasteiger partial charge in [-0.1, -0.05) is 18.2 Å². The maximum absolute atomic E-state index is 5.84. The highest BCUT2D eigenvalue weighted by Crippen LogP contribution is 2.23. The van der Waals surface area contributed by atoms with Gasteiger partial charge in [0.1, 0.15) is 5.75 Å². The molecule has 0 spiro atoms. The Morgan fingerprint density at radius 3 is 2.36 bits per heavy atom. The van der Waals surface area contributed by atoms with Crippen LogP contribution in [-0.2, 0) is 0 Å². The first-order valence-corrected chi connectivity index (χ1v) is 5.08. The predicted molar refractivity (Wildman–Crippen MR) is 59.7 cm³/mol. The Balaban J connectivity index is 2.75. The molecule has 0 saturated carbocycles. The van der Waals surface area contributed by atoms with Crippen molar-refractivity contribution in [1.82, 2.24) is 0 Å². The second-order valence-corrected chi connectivity index (χ2v) is 3.73. The number of ether oxygens (including phenoxy) is 1. The molecule has 78 valence electrons. The average molecular weight is 193 g/mol. The summed E-state index contributed by atoms with van der Waals surface area (Å²) in [5.74, 6) is 1.01. The highest BCUT2D eigenvalue weighted by Gasteiger charge is 2.07. The molecule has 1 rings (SSSR count). The van der Waals surface area contributed by atoms with Crippen LogP contribution in [0.3, 0.4) is 0 Å². The molecule has 1 atom stereocenters. The molecule has 0 radical (unpaired) electrons. The highest BCUT2D eigenvalue weighted by molar-refractivity contribution is 5.39. The minimum Gasteiger partial charge on any atom is -0.490 e. The molecular formula is C12H19NO. The average Bonchev–Trinajstić information content (AvgIpc) is 2.12. The Bertz CT molecular complexity index is 276. The predicted octanol–water partition coefficient (Wildman–Crippen LogP) is 2.42. The standard InChI is InChI=1S/C12H19NO/c1-9-5-4-6-10(2)12(9)14-11(3)7-8-13/h4-6,11H,7-8,13H2,1-3H3. The van der Waals surface area contributed by atoms with E-state index in [9.17, 15) is 0 Å². The third kappa shape index (κ3) is 2.74. The van der Waals surface area contributed by atoms with Crippen molar-refractivity contribution >= 4 is 0 Å². The molecule has 1 unspecified atom stereocenters. The SMILES string of the molecule is Cc1cccc(C)c1OC(C)CCN. The van der Waals surface area contributed by atoms with E-state index in [1.807, 2.05) is 6.07 Å². The molecule has 2 N–H and O–H groups in total. The largest absolute Gasteiger partial charge is 0.490 e. The van der Waals surface area contributed by atoms with Gasteiger partial charge in [-0.05, 0) is 44.9 Å². The molecule has 2 heteroatoms. The zero-order valence-corrected chi connectivity index (χ0v) is 9.21. The van der Waals surface area contributed by atoms with Crippen LogP contribution in [0.1, 0.15) is 24.5 Å². The lowest BCUT2D eigenvalue weighted by Crippen LogP contribution is -2.17. The van der Waals surface area contributed by atoms with E-state index in [-0.39, 0.29) is 6.10 Å². The minimum atomic E-state index is 0.194. The Kier molecular flexibility index (Phi) is 3.96. The fraction of sp³-hybridized carbons (Fsp3) is 0.500. The topological polar surface area (TPSA) is 35.2 Å².